The van der Waals surface area contributed by atoms with Crippen LogP contribution in [0.2, 0.25) is 0 Å². The second kappa shape index (κ2) is 7.75. The molecule has 2 atom stereocenters. The number of aryl methyl sites for hydroxylation is 1. The summed E-state index contributed by atoms with van der Waals surface area (Å²) < 4.78 is 0. The van der Waals surface area contributed by atoms with Gasteiger partial charge >= 0.3 is 0 Å². The first kappa shape index (κ1) is 18.6. The van der Waals surface area contributed by atoms with E-state index in [0.717, 1.165) is 42.0 Å². The van der Waals surface area contributed by atoms with E-state index in [9.17, 15) is 4.79 Å². The summed E-state index contributed by atoms with van der Waals surface area (Å²) in [5.41, 5.74) is 6.46. The van der Waals surface area contributed by atoms with Crippen LogP contribution >= 0.6 is 0 Å². The topological polar surface area (TPSA) is 57.6 Å². The fraction of sp³-hybridized carbons (Fsp3) is 0.240. The number of fused-ring (bicyclic) bond motifs is 1. The van der Waals surface area contributed by atoms with Crippen molar-refractivity contribution in [2.45, 2.75) is 25.2 Å². The van der Waals surface area contributed by atoms with Gasteiger partial charge in [-0.15, -0.1) is 0 Å². The van der Waals surface area contributed by atoms with Crippen molar-refractivity contribution in [3.05, 3.63) is 83.7 Å². The number of pyridine rings is 1. The lowest BCUT2D eigenvalue weighted by Gasteiger charge is -2.19. The Balaban J connectivity index is 1.28. The van der Waals surface area contributed by atoms with Gasteiger partial charge in [0.15, 0.2) is 0 Å². The second-order valence-electron chi connectivity index (χ2n) is 8.01. The number of nitrogens with zero attached hydrogens (tertiary/aromatic N) is 3. The molecule has 1 saturated heterocycles. The highest BCUT2D eigenvalue weighted by Gasteiger charge is 2.30. The van der Waals surface area contributed by atoms with Gasteiger partial charge in [-0.3, -0.25) is 14.8 Å². The molecule has 30 heavy (non-hydrogen) atoms. The lowest BCUT2D eigenvalue weighted by molar-refractivity contribution is -0.115. The molecule has 0 saturated carbocycles. The number of anilines is 2. The van der Waals surface area contributed by atoms with Crippen molar-refractivity contribution in [2.24, 2.45) is 4.99 Å². The van der Waals surface area contributed by atoms with Crippen LogP contribution in [0.3, 0.4) is 0 Å². The number of aromatic nitrogens is 1. The smallest absolute Gasteiger partial charge is 0.237 e. The molecule has 0 radical (unpaired) electrons. The van der Waals surface area contributed by atoms with Gasteiger partial charge in [0, 0.05) is 49.0 Å². The van der Waals surface area contributed by atoms with Crippen LogP contribution in [0.5, 0.6) is 0 Å². The summed E-state index contributed by atoms with van der Waals surface area (Å²) in [5.74, 6) is 0.203. The predicted molar refractivity (Wildman–Crippen MR) is 121 cm³/mol. The van der Waals surface area contributed by atoms with Crippen molar-refractivity contribution in [3.8, 4) is 0 Å². The highest BCUT2D eigenvalue weighted by atomic mass is 16.2. The van der Waals surface area contributed by atoms with Crippen molar-refractivity contribution in [1.82, 2.24) is 4.98 Å². The summed E-state index contributed by atoms with van der Waals surface area (Å²) in [6, 6.07) is 18.5. The molecule has 1 amide bonds. The minimum atomic E-state index is -0.333. The maximum atomic E-state index is 12.4. The molecule has 2 aliphatic heterocycles. The van der Waals surface area contributed by atoms with Crippen LogP contribution in [0.15, 0.2) is 72.0 Å². The van der Waals surface area contributed by atoms with E-state index in [-0.39, 0.29) is 11.8 Å². The SMILES string of the molecule is Cc1cccc2c1C(C=Nc1ccc(N3CCC(c4ccncc4)C3)cc1)C(=O)N2. The standard InChI is InChI=1S/C25H24N4O/c1-17-3-2-4-23-24(17)22(25(30)28-23)15-27-20-5-7-21(8-6-20)29-14-11-19(16-29)18-9-12-26-13-10-18/h2-10,12-13,15,19,22H,11,14,16H2,1H3,(H,28,30). The second-order valence-corrected chi connectivity index (χ2v) is 8.01. The minimum Gasteiger partial charge on any atom is -0.371 e. The summed E-state index contributed by atoms with van der Waals surface area (Å²) in [4.78, 5) is 23.5. The Morgan fingerprint density at radius 3 is 2.70 bits per heavy atom. The van der Waals surface area contributed by atoms with Gasteiger partial charge in [0.2, 0.25) is 5.91 Å². The van der Waals surface area contributed by atoms with Crippen molar-refractivity contribution in [1.29, 1.82) is 0 Å². The van der Waals surface area contributed by atoms with E-state index in [0.29, 0.717) is 5.92 Å². The number of hydrogen-bond acceptors (Lipinski definition) is 4. The molecule has 2 aliphatic rings. The van der Waals surface area contributed by atoms with Crippen molar-refractivity contribution in [2.75, 3.05) is 23.3 Å². The zero-order chi connectivity index (χ0) is 20.5. The highest BCUT2D eigenvalue weighted by molar-refractivity contribution is 6.13. The van der Waals surface area contributed by atoms with E-state index in [1.807, 2.05) is 49.6 Å². The summed E-state index contributed by atoms with van der Waals surface area (Å²) in [6.07, 6.45) is 6.66. The van der Waals surface area contributed by atoms with E-state index in [1.54, 1.807) is 6.21 Å². The molecule has 2 aromatic carbocycles. The molecule has 0 aliphatic carbocycles. The predicted octanol–water partition coefficient (Wildman–Crippen LogP) is 4.82. The number of aliphatic imine (C=N–C) groups is 1. The summed E-state index contributed by atoms with van der Waals surface area (Å²) in [6.45, 7) is 4.10. The van der Waals surface area contributed by atoms with Gasteiger partial charge in [0.1, 0.15) is 5.92 Å². The molecular formula is C25H24N4O. The van der Waals surface area contributed by atoms with Crippen molar-refractivity contribution >= 4 is 29.2 Å². The minimum absolute atomic E-state index is 0.0149. The van der Waals surface area contributed by atoms with Crippen LogP contribution in [0.4, 0.5) is 17.1 Å². The van der Waals surface area contributed by atoms with Crippen LogP contribution in [-0.4, -0.2) is 30.2 Å². The summed E-state index contributed by atoms with van der Waals surface area (Å²) >= 11 is 0. The van der Waals surface area contributed by atoms with E-state index in [1.165, 1.54) is 11.3 Å². The van der Waals surface area contributed by atoms with E-state index in [4.69, 9.17) is 0 Å². The first-order valence-electron chi connectivity index (χ1n) is 10.4. The lowest BCUT2D eigenvalue weighted by atomic mass is 9.97. The first-order valence-corrected chi connectivity index (χ1v) is 10.4. The number of carbonyl (C=O) groups excluding carboxylic acids is 1. The molecule has 0 bridgehead atoms. The Kier molecular flexibility index (Phi) is 4.79. The van der Waals surface area contributed by atoms with Crippen molar-refractivity contribution < 1.29 is 4.79 Å². The zero-order valence-electron chi connectivity index (χ0n) is 17.0. The highest BCUT2D eigenvalue weighted by Crippen LogP contribution is 2.35. The normalized spacial score (nSPS) is 20.6. The number of amides is 1. The molecule has 1 fully saturated rings. The summed E-state index contributed by atoms with van der Waals surface area (Å²) in [7, 11) is 0. The van der Waals surface area contributed by atoms with Gasteiger partial charge in [0.05, 0.1) is 5.69 Å². The zero-order valence-corrected chi connectivity index (χ0v) is 17.0. The van der Waals surface area contributed by atoms with Gasteiger partial charge in [-0.05, 0) is 72.5 Å². The molecule has 5 nitrogen and oxygen atoms in total. The fourth-order valence-electron chi connectivity index (χ4n) is 4.50. The Bertz CT molecular complexity index is 1090. The quantitative estimate of drug-likeness (QED) is 0.643. The summed E-state index contributed by atoms with van der Waals surface area (Å²) in [5, 5.41) is 2.95. The van der Waals surface area contributed by atoms with Gasteiger partial charge in [-0.2, -0.15) is 0 Å². The fourth-order valence-corrected chi connectivity index (χ4v) is 4.50. The number of nitrogens with one attached hydrogen (secondary N) is 1. The van der Waals surface area contributed by atoms with Gasteiger partial charge in [-0.1, -0.05) is 12.1 Å². The van der Waals surface area contributed by atoms with Crippen LogP contribution in [0.1, 0.15) is 34.9 Å². The third kappa shape index (κ3) is 3.47. The molecule has 0 spiro atoms. The molecule has 5 heteroatoms. The maximum absolute atomic E-state index is 12.4. The molecule has 150 valence electrons. The Labute approximate surface area is 176 Å². The molecular weight excluding hydrogens is 372 g/mol. The van der Waals surface area contributed by atoms with Gasteiger partial charge in [0.25, 0.3) is 0 Å². The molecule has 1 N–H and O–H groups in total. The van der Waals surface area contributed by atoms with Crippen LogP contribution in [-0.2, 0) is 4.79 Å². The Hall–Kier alpha value is -3.47. The molecule has 1 aromatic heterocycles. The Morgan fingerprint density at radius 2 is 1.90 bits per heavy atom. The number of rotatable bonds is 4. The first-order chi connectivity index (χ1) is 14.7. The van der Waals surface area contributed by atoms with Gasteiger partial charge in [-0.25, -0.2) is 0 Å². The van der Waals surface area contributed by atoms with Crippen LogP contribution < -0.4 is 10.2 Å². The third-order valence-corrected chi connectivity index (χ3v) is 6.13. The van der Waals surface area contributed by atoms with E-state index in [2.05, 4.69) is 44.5 Å². The van der Waals surface area contributed by atoms with E-state index < -0.39 is 0 Å². The number of hydrogen-bond donors (Lipinski definition) is 1. The van der Waals surface area contributed by atoms with Gasteiger partial charge < -0.3 is 10.2 Å². The monoisotopic (exact) mass is 396 g/mol. The molecule has 3 heterocycles. The van der Waals surface area contributed by atoms with E-state index >= 15 is 0 Å². The van der Waals surface area contributed by atoms with Crippen molar-refractivity contribution in [3.63, 3.8) is 0 Å². The van der Waals surface area contributed by atoms with Crippen LogP contribution in [0, 0.1) is 6.92 Å². The van der Waals surface area contributed by atoms with Crippen LogP contribution in [0.25, 0.3) is 0 Å². The maximum Gasteiger partial charge on any atom is 0.237 e. The third-order valence-electron chi connectivity index (χ3n) is 6.13. The molecule has 5 rings (SSSR count). The number of benzene rings is 2. The Morgan fingerprint density at radius 1 is 1.10 bits per heavy atom. The average molecular weight is 396 g/mol. The average Bonchev–Trinajstić information content (AvgIpc) is 3.39. The number of carbonyl (C=O) groups is 1. The molecule has 3 aromatic rings. The largest absolute Gasteiger partial charge is 0.371 e. The molecule has 2 unspecified atom stereocenters. The lowest BCUT2D eigenvalue weighted by Crippen LogP contribution is -2.18.